The number of ether oxygens (including phenoxy) is 1. The monoisotopic (exact) mass is 265 g/mol. The van der Waals surface area contributed by atoms with Crippen LogP contribution in [0.4, 0.5) is 5.69 Å². The molecule has 1 rings (SSSR count). The summed E-state index contributed by atoms with van der Waals surface area (Å²) in [5, 5.41) is 5.81. The Hall–Kier alpha value is -2.11. The Morgan fingerprint density at radius 2 is 2.00 bits per heavy atom. The van der Waals surface area contributed by atoms with Crippen molar-refractivity contribution in [2.24, 2.45) is 0 Å². The van der Waals surface area contributed by atoms with Gasteiger partial charge in [-0.15, -0.1) is 0 Å². The van der Waals surface area contributed by atoms with Gasteiger partial charge in [0.25, 0.3) is 0 Å². The van der Waals surface area contributed by atoms with E-state index in [0.717, 1.165) is 0 Å². The van der Waals surface area contributed by atoms with Gasteiger partial charge < -0.3 is 15.4 Å². The zero-order chi connectivity index (χ0) is 14.4. The molecule has 0 spiro atoms. The summed E-state index contributed by atoms with van der Waals surface area (Å²) in [5.74, 6) is -0.616. The fourth-order valence-corrected chi connectivity index (χ4v) is 1.46. The van der Waals surface area contributed by atoms with Gasteiger partial charge in [-0.1, -0.05) is 0 Å². The van der Waals surface area contributed by atoms with Gasteiger partial charge in [0.2, 0.25) is 5.91 Å². The lowest BCUT2D eigenvalue weighted by Gasteiger charge is -2.17. The summed E-state index contributed by atoms with van der Waals surface area (Å²) in [4.78, 5) is 27.0. The van der Waals surface area contributed by atoms with Crippen molar-refractivity contribution in [3.63, 3.8) is 0 Å². The van der Waals surface area contributed by atoms with Gasteiger partial charge >= 0.3 is 5.97 Å². The molecule has 6 nitrogen and oxygen atoms in total. The van der Waals surface area contributed by atoms with Crippen molar-refractivity contribution < 1.29 is 14.3 Å². The highest BCUT2D eigenvalue weighted by atomic mass is 16.5. The molecule has 1 unspecified atom stereocenters. The molecular weight excluding hydrogens is 246 g/mol. The summed E-state index contributed by atoms with van der Waals surface area (Å²) in [7, 11) is 1.29. The van der Waals surface area contributed by atoms with Gasteiger partial charge in [0.15, 0.2) is 0 Å². The van der Waals surface area contributed by atoms with Crippen LogP contribution in [0.5, 0.6) is 0 Å². The van der Waals surface area contributed by atoms with Crippen molar-refractivity contribution >= 4 is 17.6 Å². The highest BCUT2D eigenvalue weighted by Crippen LogP contribution is 2.10. The van der Waals surface area contributed by atoms with Crippen LogP contribution in [0.3, 0.4) is 0 Å². The fraction of sp³-hybridized carbons (Fsp3) is 0.462. The van der Waals surface area contributed by atoms with E-state index in [0.29, 0.717) is 5.69 Å². The molecule has 19 heavy (non-hydrogen) atoms. The Bertz CT molecular complexity index is 460. The molecule has 0 saturated carbocycles. The Morgan fingerprint density at radius 3 is 2.58 bits per heavy atom. The second-order valence-electron chi connectivity index (χ2n) is 4.45. The number of aromatic nitrogens is 1. The van der Waals surface area contributed by atoms with Crippen LogP contribution in [0.15, 0.2) is 18.3 Å². The Kier molecular flexibility index (Phi) is 5.29. The standard InChI is InChI=1S/C13H19N3O3/c1-8(2)15-12(17)9(3)16-10-5-6-14-11(7-10)13(18)19-4/h5-9H,1-4H3,(H,14,16)(H,15,17). The minimum Gasteiger partial charge on any atom is -0.464 e. The minimum absolute atomic E-state index is 0.0832. The van der Waals surface area contributed by atoms with E-state index in [1.165, 1.54) is 13.3 Å². The molecule has 0 fully saturated rings. The number of hydrogen-bond acceptors (Lipinski definition) is 5. The molecular formula is C13H19N3O3. The first-order chi connectivity index (χ1) is 8.93. The quantitative estimate of drug-likeness (QED) is 0.782. The predicted octanol–water partition coefficient (Wildman–Crippen LogP) is 1.19. The van der Waals surface area contributed by atoms with Crippen LogP contribution in [0.25, 0.3) is 0 Å². The number of nitrogens with zero attached hydrogens (tertiary/aromatic N) is 1. The molecule has 0 aliphatic rings. The third-order valence-corrected chi connectivity index (χ3v) is 2.36. The van der Waals surface area contributed by atoms with E-state index >= 15 is 0 Å². The van der Waals surface area contributed by atoms with Crippen LogP contribution < -0.4 is 10.6 Å². The topological polar surface area (TPSA) is 80.3 Å². The maximum atomic E-state index is 11.8. The molecule has 1 heterocycles. The molecule has 0 aliphatic carbocycles. The molecule has 104 valence electrons. The molecule has 1 atom stereocenters. The average Bonchev–Trinajstić information content (AvgIpc) is 2.37. The van der Waals surface area contributed by atoms with E-state index in [4.69, 9.17) is 0 Å². The maximum absolute atomic E-state index is 11.8. The number of hydrogen-bond donors (Lipinski definition) is 2. The van der Waals surface area contributed by atoms with Gasteiger partial charge in [-0.05, 0) is 32.9 Å². The van der Waals surface area contributed by atoms with Crippen molar-refractivity contribution in [1.29, 1.82) is 0 Å². The number of esters is 1. The summed E-state index contributed by atoms with van der Waals surface area (Å²) < 4.78 is 4.59. The fourth-order valence-electron chi connectivity index (χ4n) is 1.46. The average molecular weight is 265 g/mol. The van der Waals surface area contributed by atoms with E-state index in [9.17, 15) is 9.59 Å². The van der Waals surface area contributed by atoms with E-state index in [-0.39, 0.29) is 17.6 Å². The molecule has 1 aromatic heterocycles. The van der Waals surface area contributed by atoms with E-state index in [1.807, 2.05) is 13.8 Å². The van der Waals surface area contributed by atoms with Crippen LogP contribution in [-0.4, -0.2) is 36.1 Å². The molecule has 1 amide bonds. The number of carbonyl (C=O) groups excluding carboxylic acids is 2. The number of rotatable bonds is 5. The Balaban J connectivity index is 2.71. The molecule has 2 N–H and O–H groups in total. The number of pyridine rings is 1. The molecule has 0 bridgehead atoms. The summed E-state index contributed by atoms with van der Waals surface area (Å²) in [6.45, 7) is 5.54. The second kappa shape index (κ2) is 6.72. The van der Waals surface area contributed by atoms with E-state index in [2.05, 4.69) is 20.4 Å². The van der Waals surface area contributed by atoms with Crippen LogP contribution in [-0.2, 0) is 9.53 Å². The lowest BCUT2D eigenvalue weighted by Crippen LogP contribution is -2.41. The van der Waals surface area contributed by atoms with Gasteiger partial charge in [0, 0.05) is 17.9 Å². The molecule has 1 aromatic rings. The molecule has 0 aliphatic heterocycles. The zero-order valence-electron chi connectivity index (χ0n) is 11.6. The number of anilines is 1. The number of amides is 1. The van der Waals surface area contributed by atoms with Crippen LogP contribution in [0, 0.1) is 0 Å². The zero-order valence-corrected chi connectivity index (χ0v) is 11.6. The lowest BCUT2D eigenvalue weighted by atomic mass is 10.2. The predicted molar refractivity (Wildman–Crippen MR) is 71.9 cm³/mol. The van der Waals surface area contributed by atoms with Crippen molar-refractivity contribution in [2.75, 3.05) is 12.4 Å². The Morgan fingerprint density at radius 1 is 1.32 bits per heavy atom. The highest BCUT2D eigenvalue weighted by molar-refractivity contribution is 5.89. The summed E-state index contributed by atoms with van der Waals surface area (Å²) in [6.07, 6.45) is 1.49. The van der Waals surface area contributed by atoms with Gasteiger partial charge in [0.1, 0.15) is 11.7 Å². The van der Waals surface area contributed by atoms with E-state index in [1.54, 1.807) is 19.1 Å². The smallest absolute Gasteiger partial charge is 0.356 e. The number of nitrogens with one attached hydrogen (secondary N) is 2. The first kappa shape index (κ1) is 14.9. The van der Waals surface area contributed by atoms with Gasteiger partial charge in [0.05, 0.1) is 7.11 Å². The first-order valence-electron chi connectivity index (χ1n) is 6.05. The lowest BCUT2D eigenvalue weighted by molar-refractivity contribution is -0.122. The summed E-state index contributed by atoms with van der Waals surface area (Å²) >= 11 is 0. The van der Waals surface area contributed by atoms with Crippen LogP contribution in [0.2, 0.25) is 0 Å². The SMILES string of the molecule is COC(=O)c1cc(NC(C)C(=O)NC(C)C)ccn1. The highest BCUT2D eigenvalue weighted by Gasteiger charge is 2.14. The number of carbonyl (C=O) groups is 2. The van der Waals surface area contributed by atoms with Crippen LogP contribution >= 0.6 is 0 Å². The van der Waals surface area contributed by atoms with Gasteiger partial charge in [-0.3, -0.25) is 4.79 Å². The van der Waals surface area contributed by atoms with Crippen molar-refractivity contribution in [3.05, 3.63) is 24.0 Å². The summed E-state index contributed by atoms with van der Waals surface area (Å²) in [6, 6.07) is 2.91. The third kappa shape index (κ3) is 4.57. The van der Waals surface area contributed by atoms with Gasteiger partial charge in [-0.2, -0.15) is 0 Å². The van der Waals surface area contributed by atoms with Crippen molar-refractivity contribution in [1.82, 2.24) is 10.3 Å². The number of methoxy groups -OCH3 is 1. The Labute approximate surface area is 112 Å². The molecule has 0 aromatic carbocycles. The summed E-state index contributed by atoms with van der Waals surface area (Å²) in [5.41, 5.74) is 0.839. The van der Waals surface area contributed by atoms with Crippen LogP contribution in [0.1, 0.15) is 31.3 Å². The van der Waals surface area contributed by atoms with Gasteiger partial charge in [-0.25, -0.2) is 9.78 Å². The first-order valence-corrected chi connectivity index (χ1v) is 6.05. The molecule has 0 saturated heterocycles. The second-order valence-corrected chi connectivity index (χ2v) is 4.45. The van der Waals surface area contributed by atoms with Crippen molar-refractivity contribution in [3.8, 4) is 0 Å². The van der Waals surface area contributed by atoms with Crippen molar-refractivity contribution in [2.45, 2.75) is 32.9 Å². The third-order valence-electron chi connectivity index (χ3n) is 2.36. The maximum Gasteiger partial charge on any atom is 0.356 e. The normalized spacial score (nSPS) is 11.8. The molecule has 6 heteroatoms. The molecule has 0 radical (unpaired) electrons. The minimum atomic E-state index is -0.511. The largest absolute Gasteiger partial charge is 0.464 e. The van der Waals surface area contributed by atoms with E-state index < -0.39 is 12.0 Å².